The number of amides is 1. The lowest BCUT2D eigenvalue weighted by Crippen LogP contribution is -2.48. The average molecular weight is 471 g/mol. The van der Waals surface area contributed by atoms with Crippen LogP contribution in [0.4, 0.5) is 11.8 Å². The van der Waals surface area contributed by atoms with E-state index in [2.05, 4.69) is 38.9 Å². The Morgan fingerprint density at radius 3 is 2.60 bits per heavy atom. The third-order valence-electron chi connectivity index (χ3n) is 7.33. The lowest BCUT2D eigenvalue weighted by atomic mass is 9.93. The van der Waals surface area contributed by atoms with Gasteiger partial charge in [0.25, 0.3) is 0 Å². The van der Waals surface area contributed by atoms with Crippen LogP contribution in [0.5, 0.6) is 0 Å². The number of nitrogens with one attached hydrogen (secondary N) is 1. The summed E-state index contributed by atoms with van der Waals surface area (Å²) in [6, 6.07) is 10.7. The summed E-state index contributed by atoms with van der Waals surface area (Å²) >= 11 is 0. The number of carbonyl (C=O) groups is 1. The van der Waals surface area contributed by atoms with E-state index >= 15 is 0 Å². The molecule has 4 heterocycles. The van der Waals surface area contributed by atoms with Gasteiger partial charge in [-0.15, -0.1) is 0 Å². The Balaban J connectivity index is 1.35. The third kappa shape index (κ3) is 4.05. The second-order valence-electron chi connectivity index (χ2n) is 9.60. The van der Waals surface area contributed by atoms with E-state index in [-0.39, 0.29) is 11.9 Å². The minimum Gasteiger partial charge on any atom is -0.362 e. The Bertz CT molecular complexity index is 1390. The molecule has 0 unspecified atom stereocenters. The largest absolute Gasteiger partial charge is 0.362 e. The topological polar surface area (TPSA) is 92.1 Å². The van der Waals surface area contributed by atoms with Crippen LogP contribution in [0.15, 0.2) is 42.7 Å². The maximum Gasteiger partial charge on any atom is 0.228 e. The molecule has 1 aromatic carbocycles. The summed E-state index contributed by atoms with van der Waals surface area (Å²) in [5, 5.41) is 9.49. The Hall–Kier alpha value is -3.75. The molecule has 6 rings (SSSR count). The van der Waals surface area contributed by atoms with Gasteiger partial charge in [0, 0.05) is 44.7 Å². The highest BCUT2D eigenvalue weighted by atomic mass is 16.2. The van der Waals surface area contributed by atoms with Crippen molar-refractivity contribution in [3.8, 4) is 0 Å². The highest BCUT2D eigenvalue weighted by Crippen LogP contribution is 2.36. The van der Waals surface area contributed by atoms with Crippen molar-refractivity contribution < 1.29 is 4.79 Å². The molecule has 1 atom stereocenters. The van der Waals surface area contributed by atoms with Crippen molar-refractivity contribution in [2.24, 2.45) is 0 Å². The minimum absolute atomic E-state index is 0.00245. The maximum atomic E-state index is 11.8. The number of rotatable bonds is 5. The zero-order valence-corrected chi connectivity index (χ0v) is 20.2. The summed E-state index contributed by atoms with van der Waals surface area (Å²) in [6.07, 6.45) is 7.29. The lowest BCUT2D eigenvalue weighted by molar-refractivity contribution is -0.129. The number of carbonyl (C=O) groups excluding carboxylic acids is 1. The van der Waals surface area contributed by atoms with Crippen LogP contribution in [-0.4, -0.2) is 61.7 Å². The Morgan fingerprint density at radius 1 is 1.06 bits per heavy atom. The smallest absolute Gasteiger partial charge is 0.228 e. The van der Waals surface area contributed by atoms with Crippen LogP contribution in [-0.2, 0) is 4.79 Å². The number of nitrogens with zero attached hydrogens (tertiary/aromatic N) is 7. The van der Waals surface area contributed by atoms with Crippen LogP contribution in [0.2, 0.25) is 0 Å². The van der Waals surface area contributed by atoms with Crippen LogP contribution in [0.3, 0.4) is 0 Å². The highest BCUT2D eigenvalue weighted by Gasteiger charge is 2.27. The Labute approximate surface area is 204 Å². The fourth-order valence-electron chi connectivity index (χ4n) is 4.94. The molecule has 0 radical (unpaired) electrons. The van der Waals surface area contributed by atoms with Crippen LogP contribution >= 0.6 is 0 Å². The lowest BCUT2D eigenvalue weighted by Gasteiger charge is -2.34. The highest BCUT2D eigenvalue weighted by molar-refractivity contribution is 5.87. The van der Waals surface area contributed by atoms with Gasteiger partial charge in [0.15, 0.2) is 5.82 Å². The van der Waals surface area contributed by atoms with Gasteiger partial charge in [0.05, 0.1) is 23.8 Å². The van der Waals surface area contributed by atoms with Crippen molar-refractivity contribution in [1.82, 2.24) is 29.6 Å². The molecule has 9 nitrogen and oxygen atoms in total. The van der Waals surface area contributed by atoms with Crippen molar-refractivity contribution in [2.75, 3.05) is 36.4 Å². The van der Waals surface area contributed by atoms with Gasteiger partial charge in [0.2, 0.25) is 11.9 Å². The standard InChI is InChI=1S/C26H30N8O/c1-17(20-14-19-6-3-4-9-22(19)27-15-20)29-25-24-23(16-28-34(24)21-7-5-8-21)30-26(31-25)33-12-10-32(11-13-33)18(2)35/h3-4,6,9,14-17,21H,5,7-8,10-13H2,1-2H3,(H,29,30,31)/t17-/m1/s1. The zero-order valence-electron chi connectivity index (χ0n) is 20.2. The van der Waals surface area contributed by atoms with E-state index in [1.165, 1.54) is 6.42 Å². The maximum absolute atomic E-state index is 11.8. The van der Waals surface area contributed by atoms with E-state index in [0.717, 1.165) is 46.2 Å². The van der Waals surface area contributed by atoms with Crippen molar-refractivity contribution >= 4 is 39.6 Å². The molecule has 2 aliphatic rings. The molecule has 9 heteroatoms. The third-order valence-corrected chi connectivity index (χ3v) is 7.33. The number of pyridine rings is 1. The van der Waals surface area contributed by atoms with Gasteiger partial charge < -0.3 is 15.1 Å². The SMILES string of the molecule is CC(=O)N1CCN(c2nc(N[C@H](C)c3cnc4ccccc4c3)c3c(cnn3C3CCC3)n2)CC1. The number of fused-ring (bicyclic) bond motifs is 2. The second kappa shape index (κ2) is 8.79. The number of hydrogen-bond acceptors (Lipinski definition) is 7. The van der Waals surface area contributed by atoms with Crippen LogP contribution < -0.4 is 10.2 Å². The molecule has 3 aromatic heterocycles. The van der Waals surface area contributed by atoms with Gasteiger partial charge in [0.1, 0.15) is 11.0 Å². The number of aromatic nitrogens is 5. The number of para-hydroxylation sites is 1. The second-order valence-corrected chi connectivity index (χ2v) is 9.60. The van der Waals surface area contributed by atoms with Crippen LogP contribution in [0.1, 0.15) is 50.8 Å². The number of benzene rings is 1. The van der Waals surface area contributed by atoms with Crippen molar-refractivity contribution in [2.45, 2.75) is 45.2 Å². The first-order valence-corrected chi connectivity index (χ1v) is 12.4. The first-order valence-electron chi connectivity index (χ1n) is 12.4. The molecule has 0 bridgehead atoms. The molecule has 1 amide bonds. The molecular weight excluding hydrogens is 440 g/mol. The van der Waals surface area contributed by atoms with E-state index < -0.39 is 0 Å². The summed E-state index contributed by atoms with van der Waals surface area (Å²) in [6.45, 7) is 6.55. The van der Waals surface area contributed by atoms with Gasteiger partial charge in [-0.25, -0.2) is 4.98 Å². The molecule has 1 N–H and O–H groups in total. The molecule has 1 saturated heterocycles. The summed E-state index contributed by atoms with van der Waals surface area (Å²) < 4.78 is 2.10. The number of piperazine rings is 1. The summed E-state index contributed by atoms with van der Waals surface area (Å²) in [7, 11) is 0. The summed E-state index contributed by atoms with van der Waals surface area (Å²) in [5.74, 6) is 1.59. The normalized spacial score (nSPS) is 17.5. The Morgan fingerprint density at radius 2 is 1.86 bits per heavy atom. The predicted octanol–water partition coefficient (Wildman–Crippen LogP) is 3.94. The van der Waals surface area contributed by atoms with Crippen LogP contribution in [0, 0.1) is 0 Å². The minimum atomic E-state index is -0.00245. The first-order chi connectivity index (χ1) is 17.1. The molecule has 35 heavy (non-hydrogen) atoms. The monoisotopic (exact) mass is 470 g/mol. The quantitative estimate of drug-likeness (QED) is 0.472. The van der Waals surface area contributed by atoms with Gasteiger partial charge in [-0.05, 0) is 43.9 Å². The van der Waals surface area contributed by atoms with Crippen molar-refractivity contribution in [3.63, 3.8) is 0 Å². The molecule has 0 spiro atoms. The predicted molar refractivity (Wildman–Crippen MR) is 136 cm³/mol. The van der Waals surface area contributed by atoms with Gasteiger partial charge >= 0.3 is 0 Å². The molecule has 2 fully saturated rings. The van der Waals surface area contributed by atoms with E-state index in [1.54, 1.807) is 6.92 Å². The number of anilines is 2. The number of hydrogen-bond donors (Lipinski definition) is 1. The molecule has 180 valence electrons. The summed E-state index contributed by atoms with van der Waals surface area (Å²) in [4.78, 5) is 30.3. The fraction of sp³-hybridized carbons (Fsp3) is 0.423. The van der Waals surface area contributed by atoms with Crippen molar-refractivity contribution in [1.29, 1.82) is 0 Å². The summed E-state index contributed by atoms with van der Waals surface area (Å²) in [5.41, 5.74) is 3.90. The molecular formula is C26H30N8O. The van der Waals surface area contributed by atoms with Crippen molar-refractivity contribution in [3.05, 3.63) is 48.3 Å². The van der Waals surface area contributed by atoms with Gasteiger partial charge in [-0.3, -0.25) is 14.5 Å². The fourth-order valence-corrected chi connectivity index (χ4v) is 4.94. The first kappa shape index (κ1) is 21.8. The van der Waals surface area contributed by atoms with Crippen LogP contribution in [0.25, 0.3) is 21.9 Å². The molecule has 1 aliphatic carbocycles. The molecule has 1 saturated carbocycles. The molecule has 4 aromatic rings. The van der Waals surface area contributed by atoms with E-state index in [9.17, 15) is 4.79 Å². The molecule has 1 aliphatic heterocycles. The van der Waals surface area contributed by atoms with E-state index in [1.807, 2.05) is 35.5 Å². The zero-order chi connectivity index (χ0) is 23.9. The van der Waals surface area contributed by atoms with E-state index in [4.69, 9.17) is 15.1 Å². The van der Waals surface area contributed by atoms with Gasteiger partial charge in [-0.1, -0.05) is 18.2 Å². The van der Waals surface area contributed by atoms with E-state index in [0.29, 0.717) is 38.2 Å². The average Bonchev–Trinajstić information content (AvgIpc) is 3.26. The van der Waals surface area contributed by atoms with Gasteiger partial charge in [-0.2, -0.15) is 10.1 Å². The Kier molecular flexibility index (Phi) is 5.47.